The Labute approximate surface area is 268 Å². The molecule has 0 radical (unpaired) electrons. The highest BCUT2D eigenvalue weighted by Crippen LogP contribution is 2.40. The first-order valence-electron chi connectivity index (χ1n) is 14.5. The normalized spacial score (nSPS) is 18.5. The van der Waals surface area contributed by atoms with Crippen molar-refractivity contribution in [3.05, 3.63) is 107 Å². The molecule has 5 aromatic rings. The Morgan fingerprint density at radius 2 is 1.83 bits per heavy atom. The van der Waals surface area contributed by atoms with Crippen LogP contribution in [0.5, 0.6) is 0 Å². The van der Waals surface area contributed by atoms with E-state index in [1.54, 1.807) is 38.1 Å². The minimum absolute atomic E-state index is 0.0169. The molecule has 1 saturated heterocycles. The number of hydrogen-bond acceptors (Lipinski definition) is 6. The first-order chi connectivity index (χ1) is 21.9. The molecular formula is C32H30ClF2N5O5S. The molecule has 14 heteroatoms. The Bertz CT molecular complexity index is 2030. The first kappa shape index (κ1) is 31.7. The third kappa shape index (κ3) is 5.98. The topological polar surface area (TPSA) is 129 Å². The van der Waals surface area contributed by atoms with Gasteiger partial charge in [0, 0.05) is 41.7 Å². The van der Waals surface area contributed by atoms with E-state index in [4.69, 9.17) is 16.1 Å². The van der Waals surface area contributed by atoms with Crippen molar-refractivity contribution in [2.24, 2.45) is 0 Å². The molecule has 0 aliphatic carbocycles. The lowest BCUT2D eigenvalue weighted by Gasteiger charge is -2.32. The molecule has 0 bridgehead atoms. The van der Waals surface area contributed by atoms with E-state index in [9.17, 15) is 27.1 Å². The average Bonchev–Trinajstić information content (AvgIpc) is 3.72. The van der Waals surface area contributed by atoms with Gasteiger partial charge < -0.3 is 19.3 Å². The van der Waals surface area contributed by atoms with Gasteiger partial charge in [-0.25, -0.2) is 8.78 Å². The van der Waals surface area contributed by atoms with Gasteiger partial charge in [0.15, 0.2) is 17.4 Å². The number of carbonyl (C=O) groups excluding carboxylic acids is 1. The largest absolute Gasteiger partial charge is 0.384 e. The summed E-state index contributed by atoms with van der Waals surface area (Å²) < 4.78 is 66.0. The summed E-state index contributed by atoms with van der Waals surface area (Å²) in [4.78, 5) is 13.3. The van der Waals surface area contributed by atoms with Crippen LogP contribution >= 0.6 is 11.6 Å². The summed E-state index contributed by atoms with van der Waals surface area (Å²) in [7, 11) is -4.29. The van der Waals surface area contributed by atoms with Gasteiger partial charge in [-0.3, -0.25) is 9.52 Å². The van der Waals surface area contributed by atoms with Gasteiger partial charge in [0.25, 0.3) is 5.91 Å². The van der Waals surface area contributed by atoms with Crippen LogP contribution in [0, 0.1) is 11.6 Å². The number of aromatic nitrogens is 2. The molecule has 10 nitrogen and oxygen atoms in total. The molecule has 1 fully saturated rings. The average molecular weight is 670 g/mol. The van der Waals surface area contributed by atoms with E-state index in [1.165, 1.54) is 21.0 Å². The van der Waals surface area contributed by atoms with Crippen molar-refractivity contribution in [1.29, 1.82) is 0 Å². The summed E-state index contributed by atoms with van der Waals surface area (Å²) in [5.74, 6) is -2.52. The molecule has 46 heavy (non-hydrogen) atoms. The predicted octanol–water partition coefficient (Wildman–Crippen LogP) is 6.59. The number of nitrogens with one attached hydrogen (secondary N) is 2. The van der Waals surface area contributed by atoms with E-state index in [0.717, 1.165) is 17.7 Å². The second-order valence-corrected chi connectivity index (χ2v) is 13.5. The Morgan fingerprint density at radius 3 is 2.57 bits per heavy atom. The van der Waals surface area contributed by atoms with Gasteiger partial charge in [-0.05, 0) is 57.4 Å². The zero-order chi connectivity index (χ0) is 32.8. The second kappa shape index (κ2) is 12.1. The number of hydrogen-bond donors (Lipinski definition) is 3. The van der Waals surface area contributed by atoms with Crippen LogP contribution in [-0.2, 0) is 15.8 Å². The number of fused-ring (bicyclic) bond motifs is 1. The highest BCUT2D eigenvalue weighted by atomic mass is 35.5. The van der Waals surface area contributed by atoms with Crippen LogP contribution in [0.1, 0.15) is 49.3 Å². The molecule has 3 aromatic heterocycles. The van der Waals surface area contributed by atoms with Crippen molar-refractivity contribution in [2.45, 2.75) is 50.8 Å². The summed E-state index contributed by atoms with van der Waals surface area (Å²) in [6.45, 7) is 3.34. The van der Waals surface area contributed by atoms with Gasteiger partial charge in [-0.2, -0.15) is 12.7 Å². The van der Waals surface area contributed by atoms with E-state index in [0.29, 0.717) is 18.6 Å². The van der Waals surface area contributed by atoms with Gasteiger partial charge in [0.1, 0.15) is 17.0 Å². The predicted molar refractivity (Wildman–Crippen MR) is 170 cm³/mol. The smallest absolute Gasteiger partial charge is 0.302 e. The number of nitrogens with zero attached hydrogens (tertiary/aromatic N) is 3. The second-order valence-electron chi connectivity index (χ2n) is 11.5. The molecule has 1 aliphatic heterocycles. The molecule has 0 spiro atoms. The number of amides is 1. The molecular weight excluding hydrogens is 640 g/mol. The van der Waals surface area contributed by atoms with Gasteiger partial charge in [-0.1, -0.05) is 53.2 Å². The molecule has 1 aliphatic rings. The fourth-order valence-corrected chi connectivity index (χ4v) is 8.03. The molecule has 2 aromatic carbocycles. The maximum absolute atomic E-state index is 14.0. The molecule has 3 unspecified atom stereocenters. The van der Waals surface area contributed by atoms with Crippen molar-refractivity contribution in [3.8, 4) is 11.3 Å². The molecule has 6 rings (SSSR count). The fraction of sp³-hybridized carbons (Fsp3) is 0.250. The minimum atomic E-state index is -4.29. The van der Waals surface area contributed by atoms with Crippen molar-refractivity contribution in [1.82, 2.24) is 13.9 Å². The Kier molecular flexibility index (Phi) is 8.36. The van der Waals surface area contributed by atoms with Crippen LogP contribution in [0.3, 0.4) is 0 Å². The van der Waals surface area contributed by atoms with E-state index < -0.39 is 45.4 Å². The Balaban J connectivity index is 1.27. The van der Waals surface area contributed by atoms with Crippen LogP contribution < -0.4 is 10.0 Å². The molecule has 240 valence electrons. The summed E-state index contributed by atoms with van der Waals surface area (Å²) in [5, 5.41) is 17.9. The lowest BCUT2D eigenvalue weighted by atomic mass is 9.92. The van der Waals surface area contributed by atoms with Gasteiger partial charge in [-0.15, -0.1) is 0 Å². The van der Waals surface area contributed by atoms with Crippen LogP contribution in [-0.4, -0.2) is 45.4 Å². The number of anilines is 2. The fourth-order valence-electron chi connectivity index (χ4n) is 5.93. The molecule has 3 N–H and O–H groups in total. The van der Waals surface area contributed by atoms with Crippen molar-refractivity contribution in [3.63, 3.8) is 0 Å². The molecule has 3 atom stereocenters. The third-order valence-corrected chi connectivity index (χ3v) is 10.2. The zero-order valence-corrected chi connectivity index (χ0v) is 26.3. The van der Waals surface area contributed by atoms with Crippen LogP contribution in [0.4, 0.5) is 20.2 Å². The lowest BCUT2D eigenvalue weighted by molar-refractivity contribution is 0.0229. The summed E-state index contributed by atoms with van der Waals surface area (Å²) in [6.07, 6.45) is 2.58. The Morgan fingerprint density at radius 1 is 1.09 bits per heavy atom. The van der Waals surface area contributed by atoms with Gasteiger partial charge in [0.2, 0.25) is 0 Å². The monoisotopic (exact) mass is 669 g/mol. The lowest BCUT2D eigenvalue weighted by Crippen LogP contribution is -2.45. The van der Waals surface area contributed by atoms with E-state index in [-0.39, 0.29) is 39.7 Å². The minimum Gasteiger partial charge on any atom is -0.384 e. The van der Waals surface area contributed by atoms with Crippen LogP contribution in [0.15, 0.2) is 83.5 Å². The quantitative estimate of drug-likeness (QED) is 0.163. The van der Waals surface area contributed by atoms with E-state index >= 15 is 0 Å². The van der Waals surface area contributed by atoms with Crippen molar-refractivity contribution in [2.75, 3.05) is 10.0 Å². The zero-order valence-electron chi connectivity index (χ0n) is 24.7. The number of pyridine rings is 1. The molecule has 4 heterocycles. The van der Waals surface area contributed by atoms with Crippen LogP contribution in [0.2, 0.25) is 5.02 Å². The van der Waals surface area contributed by atoms with E-state index in [1.807, 2.05) is 30.3 Å². The highest BCUT2D eigenvalue weighted by Gasteiger charge is 2.44. The maximum atomic E-state index is 14.0. The number of aliphatic hydroxyl groups is 1. The van der Waals surface area contributed by atoms with Crippen LogP contribution in [0.25, 0.3) is 16.8 Å². The molecule has 0 saturated carbocycles. The number of halogens is 3. The summed E-state index contributed by atoms with van der Waals surface area (Å²) in [5.41, 5.74) is -0.344. The Hall–Kier alpha value is -4.30. The maximum Gasteiger partial charge on any atom is 0.302 e. The van der Waals surface area contributed by atoms with E-state index in [2.05, 4.69) is 15.2 Å². The standard InChI is InChI=1S/C32H30ClF2N5O5S/c1-19-11-13-22(18-32(2,42)27-17-26(45-37-27)20-8-4-3-5-9-20)40(19)46(43,44)38-29-25-10-6-7-15-39(25)30(28(29)33)31(41)36-21-12-14-23(34)24(35)16-21/h3-10,12,14-17,19,22,38,42H,11,13,18H2,1-2H3,(H,36,41). The first-order valence-corrected chi connectivity index (χ1v) is 16.3. The van der Waals surface area contributed by atoms with Crippen molar-refractivity contribution >= 4 is 44.6 Å². The summed E-state index contributed by atoms with van der Waals surface area (Å²) in [6, 6.07) is 17.7. The summed E-state index contributed by atoms with van der Waals surface area (Å²) >= 11 is 6.67. The molecule has 1 amide bonds. The SMILES string of the molecule is CC1CCC(CC(C)(O)c2cc(-c3ccccc3)on2)N1S(=O)(=O)Nc1c(Cl)c(C(=O)Nc2ccc(F)c(F)c2)n2ccccc12. The highest BCUT2D eigenvalue weighted by molar-refractivity contribution is 7.90. The number of rotatable bonds is 9. The van der Waals surface area contributed by atoms with Gasteiger partial charge in [0.05, 0.1) is 16.2 Å². The van der Waals surface area contributed by atoms with Crippen molar-refractivity contribution < 1.29 is 31.6 Å². The van der Waals surface area contributed by atoms with Gasteiger partial charge >= 0.3 is 10.2 Å². The third-order valence-electron chi connectivity index (χ3n) is 8.15. The number of carbonyl (C=O) groups is 1. The number of benzene rings is 2.